The lowest BCUT2D eigenvalue weighted by Crippen LogP contribution is -2.29. The van der Waals surface area contributed by atoms with Gasteiger partial charge in [-0.2, -0.15) is 0 Å². The molecule has 0 saturated carbocycles. The Bertz CT molecular complexity index is 541. The highest BCUT2D eigenvalue weighted by Gasteiger charge is 2.27. The largest absolute Gasteiger partial charge is 0.326 e. The number of amides is 3. The lowest BCUT2D eigenvalue weighted by atomic mass is 10.1. The second kappa shape index (κ2) is 8.08. The van der Waals surface area contributed by atoms with Crippen molar-refractivity contribution >= 4 is 39.3 Å². The van der Waals surface area contributed by atoms with E-state index in [9.17, 15) is 14.4 Å². The molecular weight excluding hydrogens is 348 g/mol. The Hall–Kier alpha value is -1.69. The van der Waals surface area contributed by atoms with E-state index in [4.69, 9.17) is 0 Å². The van der Waals surface area contributed by atoms with Crippen LogP contribution >= 0.6 is 15.9 Å². The van der Waals surface area contributed by atoms with Crippen LogP contribution in [-0.4, -0.2) is 29.2 Å². The number of nitrogens with zero attached hydrogens (tertiary/aromatic N) is 1. The van der Waals surface area contributed by atoms with Crippen molar-refractivity contribution in [1.82, 2.24) is 4.90 Å². The van der Waals surface area contributed by atoms with Gasteiger partial charge in [0.1, 0.15) is 0 Å². The fraction of sp³-hybridized carbons (Fsp3) is 0.438. The number of benzene rings is 1. The minimum absolute atomic E-state index is 0.0179. The maximum absolute atomic E-state index is 11.8. The van der Waals surface area contributed by atoms with E-state index < -0.39 is 0 Å². The van der Waals surface area contributed by atoms with Gasteiger partial charge >= 0.3 is 0 Å². The summed E-state index contributed by atoms with van der Waals surface area (Å²) < 4.78 is 0.969. The predicted octanol–water partition coefficient (Wildman–Crippen LogP) is 3.10. The van der Waals surface area contributed by atoms with E-state index in [0.717, 1.165) is 29.4 Å². The van der Waals surface area contributed by atoms with Gasteiger partial charge in [-0.1, -0.05) is 22.4 Å². The van der Waals surface area contributed by atoms with Gasteiger partial charge in [-0.15, -0.1) is 0 Å². The van der Waals surface area contributed by atoms with Gasteiger partial charge in [-0.3, -0.25) is 19.3 Å². The molecule has 118 valence electrons. The maximum Gasteiger partial charge on any atom is 0.229 e. The molecule has 0 aromatic heterocycles. The average Bonchev–Trinajstić information content (AvgIpc) is 2.81. The molecular formula is C16H19BrN2O3. The number of imide groups is 1. The minimum atomic E-state index is -0.0713. The van der Waals surface area contributed by atoms with Crippen LogP contribution in [0, 0.1) is 0 Å². The van der Waals surface area contributed by atoms with Gasteiger partial charge < -0.3 is 5.32 Å². The molecule has 22 heavy (non-hydrogen) atoms. The van der Waals surface area contributed by atoms with Crippen LogP contribution in [0.5, 0.6) is 0 Å². The molecule has 0 spiro atoms. The third-order valence-corrected chi connectivity index (χ3v) is 4.10. The number of hydrogen-bond donors (Lipinski definition) is 1. The third kappa shape index (κ3) is 4.94. The first-order chi connectivity index (χ1) is 10.6. The van der Waals surface area contributed by atoms with Crippen LogP contribution in [0.3, 0.4) is 0 Å². The van der Waals surface area contributed by atoms with Crippen molar-refractivity contribution in [2.24, 2.45) is 0 Å². The smallest absolute Gasteiger partial charge is 0.229 e. The lowest BCUT2D eigenvalue weighted by Gasteiger charge is -2.13. The number of rotatable bonds is 7. The van der Waals surface area contributed by atoms with Gasteiger partial charge in [0.2, 0.25) is 17.7 Å². The minimum Gasteiger partial charge on any atom is -0.326 e. The molecule has 3 amide bonds. The van der Waals surface area contributed by atoms with Gasteiger partial charge in [-0.25, -0.2) is 0 Å². The second-order valence-electron chi connectivity index (χ2n) is 5.30. The SMILES string of the molecule is O=C(CCCCCN1C(=O)CCC1=O)Nc1ccc(Br)cc1. The van der Waals surface area contributed by atoms with Crippen molar-refractivity contribution in [3.05, 3.63) is 28.7 Å². The highest BCUT2D eigenvalue weighted by atomic mass is 79.9. The molecule has 0 aliphatic carbocycles. The zero-order valence-corrected chi connectivity index (χ0v) is 13.9. The molecule has 1 fully saturated rings. The van der Waals surface area contributed by atoms with E-state index >= 15 is 0 Å². The molecule has 1 saturated heterocycles. The van der Waals surface area contributed by atoms with E-state index in [1.807, 2.05) is 24.3 Å². The topological polar surface area (TPSA) is 66.5 Å². The van der Waals surface area contributed by atoms with Gasteiger partial charge in [-0.05, 0) is 37.1 Å². The van der Waals surface area contributed by atoms with Crippen LogP contribution in [-0.2, 0) is 14.4 Å². The number of unbranched alkanes of at least 4 members (excludes halogenated alkanes) is 2. The quantitative estimate of drug-likeness (QED) is 0.595. The summed E-state index contributed by atoms with van der Waals surface area (Å²) in [5, 5.41) is 2.84. The van der Waals surface area contributed by atoms with Gasteiger partial charge in [0.15, 0.2) is 0 Å². The summed E-state index contributed by atoms with van der Waals surface area (Å²) in [6, 6.07) is 7.43. The molecule has 0 bridgehead atoms. The Balaban J connectivity index is 1.60. The Labute approximate surface area is 138 Å². The maximum atomic E-state index is 11.8. The highest BCUT2D eigenvalue weighted by Crippen LogP contribution is 2.15. The Morgan fingerprint density at radius 3 is 2.32 bits per heavy atom. The van der Waals surface area contributed by atoms with Crippen molar-refractivity contribution in [3.8, 4) is 0 Å². The summed E-state index contributed by atoms with van der Waals surface area (Å²) in [5.41, 5.74) is 0.779. The zero-order valence-electron chi connectivity index (χ0n) is 12.3. The van der Waals surface area contributed by atoms with Crippen molar-refractivity contribution in [3.63, 3.8) is 0 Å². The fourth-order valence-electron chi connectivity index (χ4n) is 2.36. The van der Waals surface area contributed by atoms with Crippen LogP contribution < -0.4 is 5.32 Å². The molecule has 1 aromatic rings. The molecule has 0 unspecified atom stereocenters. The molecule has 1 aliphatic rings. The number of halogens is 1. The standard InChI is InChI=1S/C16H19BrN2O3/c17-12-5-7-13(8-6-12)18-14(20)4-2-1-3-11-19-15(21)9-10-16(19)22/h5-8H,1-4,9-11H2,(H,18,20). The molecule has 0 radical (unpaired) electrons. The van der Waals surface area contributed by atoms with Crippen LogP contribution in [0.2, 0.25) is 0 Å². The molecule has 1 aliphatic heterocycles. The van der Waals surface area contributed by atoms with Crippen LogP contribution in [0.1, 0.15) is 38.5 Å². The Morgan fingerprint density at radius 2 is 1.68 bits per heavy atom. The number of anilines is 1. The summed E-state index contributed by atoms with van der Waals surface area (Å²) in [6.45, 7) is 0.478. The van der Waals surface area contributed by atoms with E-state index in [0.29, 0.717) is 25.8 Å². The summed E-state index contributed by atoms with van der Waals surface area (Å²) in [5.74, 6) is -0.161. The van der Waals surface area contributed by atoms with Gasteiger partial charge in [0, 0.05) is 36.0 Å². The summed E-state index contributed by atoms with van der Waals surface area (Å²) in [6.07, 6.45) is 3.45. The van der Waals surface area contributed by atoms with E-state index in [2.05, 4.69) is 21.2 Å². The van der Waals surface area contributed by atoms with Crippen LogP contribution in [0.25, 0.3) is 0 Å². The summed E-state index contributed by atoms with van der Waals surface area (Å²) >= 11 is 3.34. The van der Waals surface area contributed by atoms with E-state index in [1.54, 1.807) is 0 Å². The van der Waals surface area contributed by atoms with Crippen LogP contribution in [0.4, 0.5) is 5.69 Å². The van der Waals surface area contributed by atoms with Gasteiger partial charge in [0.05, 0.1) is 0 Å². The number of carbonyl (C=O) groups is 3. The predicted molar refractivity (Wildman–Crippen MR) is 87.2 cm³/mol. The summed E-state index contributed by atoms with van der Waals surface area (Å²) in [7, 11) is 0. The van der Waals surface area contributed by atoms with Crippen molar-refractivity contribution < 1.29 is 14.4 Å². The lowest BCUT2D eigenvalue weighted by molar-refractivity contribution is -0.138. The van der Waals surface area contributed by atoms with E-state index in [1.165, 1.54) is 4.90 Å². The average molecular weight is 367 g/mol. The first kappa shape index (κ1) is 16.7. The van der Waals surface area contributed by atoms with Crippen molar-refractivity contribution in [2.75, 3.05) is 11.9 Å². The molecule has 1 heterocycles. The molecule has 6 heteroatoms. The summed E-state index contributed by atoms with van der Waals surface area (Å²) in [4.78, 5) is 36.0. The number of nitrogens with one attached hydrogen (secondary N) is 1. The fourth-order valence-corrected chi connectivity index (χ4v) is 2.63. The first-order valence-corrected chi connectivity index (χ1v) is 8.24. The molecule has 1 aromatic carbocycles. The molecule has 5 nitrogen and oxygen atoms in total. The molecule has 1 N–H and O–H groups in total. The van der Waals surface area contributed by atoms with Crippen molar-refractivity contribution in [2.45, 2.75) is 38.5 Å². The Morgan fingerprint density at radius 1 is 1.05 bits per heavy atom. The van der Waals surface area contributed by atoms with Crippen molar-refractivity contribution in [1.29, 1.82) is 0 Å². The first-order valence-electron chi connectivity index (χ1n) is 7.45. The molecule has 2 rings (SSSR count). The van der Waals surface area contributed by atoms with E-state index in [-0.39, 0.29) is 17.7 Å². The van der Waals surface area contributed by atoms with Gasteiger partial charge in [0.25, 0.3) is 0 Å². The van der Waals surface area contributed by atoms with Crippen LogP contribution in [0.15, 0.2) is 28.7 Å². The third-order valence-electron chi connectivity index (χ3n) is 3.57. The highest BCUT2D eigenvalue weighted by molar-refractivity contribution is 9.10. The number of likely N-dealkylation sites (tertiary alicyclic amines) is 1. The molecule has 0 atom stereocenters. The monoisotopic (exact) mass is 366 g/mol. The number of hydrogen-bond acceptors (Lipinski definition) is 3. The second-order valence-corrected chi connectivity index (χ2v) is 6.22. The Kier molecular flexibility index (Phi) is 6.12. The zero-order chi connectivity index (χ0) is 15.9. The normalized spacial score (nSPS) is 14.5. The number of carbonyl (C=O) groups excluding carboxylic acids is 3.